The lowest BCUT2D eigenvalue weighted by atomic mass is 9.88. The highest BCUT2D eigenvalue weighted by Gasteiger charge is 2.21. The Morgan fingerprint density at radius 3 is 2.28 bits per heavy atom. The number of aliphatic carboxylic acids is 1. The SMILES string of the molecule is CC(C(=O)O)c1cccc(NC(=O)c2cccc(NC(=O)C3CCCCC3)c2)c1. The first-order valence-electron chi connectivity index (χ1n) is 9.99. The van der Waals surface area contributed by atoms with E-state index in [2.05, 4.69) is 10.6 Å². The van der Waals surface area contributed by atoms with Gasteiger partial charge in [-0.3, -0.25) is 14.4 Å². The first-order valence-corrected chi connectivity index (χ1v) is 9.99. The number of hydrogen-bond donors (Lipinski definition) is 3. The molecule has 1 fully saturated rings. The second-order valence-electron chi connectivity index (χ2n) is 7.54. The van der Waals surface area contributed by atoms with Gasteiger partial charge in [0.05, 0.1) is 5.92 Å². The van der Waals surface area contributed by atoms with Crippen LogP contribution >= 0.6 is 0 Å². The Morgan fingerprint density at radius 1 is 0.931 bits per heavy atom. The summed E-state index contributed by atoms with van der Waals surface area (Å²) < 4.78 is 0. The van der Waals surface area contributed by atoms with Crippen molar-refractivity contribution in [2.24, 2.45) is 5.92 Å². The third-order valence-electron chi connectivity index (χ3n) is 5.38. The zero-order valence-electron chi connectivity index (χ0n) is 16.5. The number of carbonyl (C=O) groups excluding carboxylic acids is 2. The fourth-order valence-corrected chi connectivity index (χ4v) is 3.58. The van der Waals surface area contributed by atoms with Crippen molar-refractivity contribution in [2.75, 3.05) is 10.6 Å². The van der Waals surface area contributed by atoms with E-state index in [1.54, 1.807) is 55.5 Å². The van der Waals surface area contributed by atoms with Crippen molar-refractivity contribution in [1.29, 1.82) is 0 Å². The quantitative estimate of drug-likeness (QED) is 0.665. The number of hydrogen-bond acceptors (Lipinski definition) is 3. The summed E-state index contributed by atoms with van der Waals surface area (Å²) in [7, 11) is 0. The van der Waals surface area contributed by atoms with E-state index >= 15 is 0 Å². The van der Waals surface area contributed by atoms with Gasteiger partial charge in [0.2, 0.25) is 5.91 Å². The number of anilines is 2. The van der Waals surface area contributed by atoms with Gasteiger partial charge < -0.3 is 15.7 Å². The van der Waals surface area contributed by atoms with Gasteiger partial charge in [-0.05, 0) is 55.7 Å². The minimum absolute atomic E-state index is 0.0117. The molecule has 6 heteroatoms. The number of carbonyl (C=O) groups is 3. The molecule has 1 saturated carbocycles. The molecule has 0 aromatic heterocycles. The third-order valence-corrected chi connectivity index (χ3v) is 5.38. The summed E-state index contributed by atoms with van der Waals surface area (Å²) in [5.41, 5.74) is 2.16. The van der Waals surface area contributed by atoms with Gasteiger partial charge in [-0.1, -0.05) is 37.5 Å². The summed E-state index contributed by atoms with van der Waals surface area (Å²) in [5.74, 6) is -1.85. The van der Waals surface area contributed by atoms with Crippen molar-refractivity contribution < 1.29 is 19.5 Å². The van der Waals surface area contributed by atoms with Gasteiger partial charge in [0.15, 0.2) is 0 Å². The van der Waals surface area contributed by atoms with Crippen LogP contribution in [0.4, 0.5) is 11.4 Å². The molecule has 1 aliphatic carbocycles. The van der Waals surface area contributed by atoms with Gasteiger partial charge >= 0.3 is 5.97 Å². The van der Waals surface area contributed by atoms with Gasteiger partial charge in [0.25, 0.3) is 5.91 Å². The Hall–Kier alpha value is -3.15. The van der Waals surface area contributed by atoms with E-state index in [1.807, 2.05) is 0 Å². The van der Waals surface area contributed by atoms with Crippen LogP contribution < -0.4 is 10.6 Å². The van der Waals surface area contributed by atoms with Crippen LogP contribution in [0.25, 0.3) is 0 Å². The van der Waals surface area contributed by atoms with Crippen molar-refractivity contribution in [3.8, 4) is 0 Å². The molecule has 1 unspecified atom stereocenters. The van der Waals surface area contributed by atoms with E-state index in [4.69, 9.17) is 5.11 Å². The van der Waals surface area contributed by atoms with Gasteiger partial charge in [-0.25, -0.2) is 0 Å². The molecule has 3 rings (SSSR count). The van der Waals surface area contributed by atoms with Crippen molar-refractivity contribution in [1.82, 2.24) is 0 Å². The Balaban J connectivity index is 1.67. The topological polar surface area (TPSA) is 95.5 Å². The van der Waals surface area contributed by atoms with Crippen LogP contribution in [0, 0.1) is 5.92 Å². The summed E-state index contributed by atoms with van der Waals surface area (Å²) in [4.78, 5) is 36.2. The first kappa shape index (κ1) is 20.6. The number of carboxylic acid groups (broad SMARTS) is 1. The first-order chi connectivity index (χ1) is 13.9. The molecule has 6 nitrogen and oxygen atoms in total. The average molecular weight is 394 g/mol. The van der Waals surface area contributed by atoms with Crippen LogP contribution in [-0.2, 0) is 9.59 Å². The summed E-state index contributed by atoms with van der Waals surface area (Å²) in [6.45, 7) is 1.60. The largest absolute Gasteiger partial charge is 0.481 e. The Bertz CT molecular complexity index is 903. The Morgan fingerprint density at radius 2 is 1.59 bits per heavy atom. The van der Waals surface area contributed by atoms with Gasteiger partial charge in [0, 0.05) is 22.9 Å². The van der Waals surface area contributed by atoms with Gasteiger partial charge in [-0.15, -0.1) is 0 Å². The molecule has 0 radical (unpaired) electrons. The monoisotopic (exact) mass is 394 g/mol. The second-order valence-corrected chi connectivity index (χ2v) is 7.54. The van der Waals surface area contributed by atoms with Gasteiger partial charge in [0.1, 0.15) is 0 Å². The maximum atomic E-state index is 12.6. The molecule has 0 spiro atoms. The normalized spacial score (nSPS) is 15.3. The van der Waals surface area contributed by atoms with Crippen molar-refractivity contribution in [3.63, 3.8) is 0 Å². The summed E-state index contributed by atoms with van der Waals surface area (Å²) >= 11 is 0. The molecule has 0 aliphatic heterocycles. The maximum Gasteiger partial charge on any atom is 0.310 e. The lowest BCUT2D eigenvalue weighted by Crippen LogP contribution is -2.24. The Labute approximate surface area is 170 Å². The molecular weight excluding hydrogens is 368 g/mol. The van der Waals surface area contributed by atoms with E-state index in [-0.39, 0.29) is 17.7 Å². The molecule has 2 aromatic rings. The summed E-state index contributed by atoms with van der Waals surface area (Å²) in [5, 5.41) is 14.9. The number of carboxylic acids is 1. The van der Waals surface area contributed by atoms with Crippen LogP contribution in [0.5, 0.6) is 0 Å². The zero-order chi connectivity index (χ0) is 20.8. The molecule has 29 heavy (non-hydrogen) atoms. The van der Waals surface area contributed by atoms with E-state index in [1.165, 1.54) is 6.42 Å². The smallest absolute Gasteiger partial charge is 0.310 e. The highest BCUT2D eigenvalue weighted by Crippen LogP contribution is 2.25. The van der Waals surface area contributed by atoms with Crippen LogP contribution in [0.3, 0.4) is 0 Å². The molecule has 1 atom stereocenters. The minimum Gasteiger partial charge on any atom is -0.481 e. The zero-order valence-corrected chi connectivity index (χ0v) is 16.5. The molecule has 3 N–H and O–H groups in total. The fourth-order valence-electron chi connectivity index (χ4n) is 3.58. The highest BCUT2D eigenvalue weighted by molar-refractivity contribution is 6.05. The molecule has 2 amide bonds. The van der Waals surface area contributed by atoms with Crippen LogP contribution in [0.15, 0.2) is 48.5 Å². The second kappa shape index (κ2) is 9.37. The van der Waals surface area contributed by atoms with E-state index in [0.29, 0.717) is 22.5 Å². The minimum atomic E-state index is -0.921. The van der Waals surface area contributed by atoms with Crippen molar-refractivity contribution in [2.45, 2.75) is 44.9 Å². The van der Waals surface area contributed by atoms with E-state index in [9.17, 15) is 14.4 Å². The number of benzene rings is 2. The average Bonchev–Trinajstić information content (AvgIpc) is 2.74. The Kier molecular flexibility index (Phi) is 6.65. The van der Waals surface area contributed by atoms with Crippen molar-refractivity contribution in [3.05, 3.63) is 59.7 Å². The number of amides is 2. The molecular formula is C23H26N2O4. The number of nitrogens with one attached hydrogen (secondary N) is 2. The lowest BCUT2D eigenvalue weighted by molar-refractivity contribution is -0.138. The summed E-state index contributed by atoms with van der Waals surface area (Å²) in [6, 6.07) is 13.6. The molecule has 0 saturated heterocycles. The molecule has 0 heterocycles. The van der Waals surface area contributed by atoms with E-state index < -0.39 is 11.9 Å². The fraction of sp³-hybridized carbons (Fsp3) is 0.348. The van der Waals surface area contributed by atoms with E-state index in [0.717, 1.165) is 25.7 Å². The predicted octanol–water partition coefficient (Wildman–Crippen LogP) is 4.65. The van der Waals surface area contributed by atoms with Gasteiger partial charge in [-0.2, -0.15) is 0 Å². The maximum absolute atomic E-state index is 12.6. The predicted molar refractivity (Wildman–Crippen MR) is 112 cm³/mol. The lowest BCUT2D eigenvalue weighted by Gasteiger charge is -2.20. The van der Waals surface area contributed by atoms with Crippen LogP contribution in [-0.4, -0.2) is 22.9 Å². The van der Waals surface area contributed by atoms with Crippen LogP contribution in [0.1, 0.15) is 60.9 Å². The number of rotatable bonds is 6. The molecule has 152 valence electrons. The molecule has 0 bridgehead atoms. The molecule has 2 aromatic carbocycles. The van der Waals surface area contributed by atoms with Crippen molar-refractivity contribution >= 4 is 29.2 Å². The molecule has 1 aliphatic rings. The third kappa shape index (κ3) is 5.44. The standard InChI is InChI=1S/C23H26N2O4/c1-15(23(28)29)17-9-5-11-19(13-17)25-22(27)18-10-6-12-20(14-18)24-21(26)16-7-3-2-4-8-16/h5-6,9-16H,2-4,7-8H2,1H3,(H,24,26)(H,25,27)(H,28,29). The highest BCUT2D eigenvalue weighted by atomic mass is 16.4. The van der Waals surface area contributed by atoms with Crippen LogP contribution in [0.2, 0.25) is 0 Å². The summed E-state index contributed by atoms with van der Waals surface area (Å²) in [6.07, 6.45) is 5.18.